The van der Waals surface area contributed by atoms with Crippen molar-refractivity contribution >= 4 is 23.2 Å². The van der Waals surface area contributed by atoms with Gasteiger partial charge in [0.25, 0.3) is 5.91 Å². The van der Waals surface area contributed by atoms with E-state index in [0.717, 1.165) is 43.1 Å². The molecular weight excluding hydrogens is 386 g/mol. The van der Waals surface area contributed by atoms with Crippen LogP contribution in [0.2, 0.25) is 0 Å². The van der Waals surface area contributed by atoms with E-state index in [-0.39, 0.29) is 30.0 Å². The zero-order valence-electron chi connectivity index (χ0n) is 16.6. The van der Waals surface area contributed by atoms with Crippen LogP contribution in [-0.4, -0.2) is 66.5 Å². The molecule has 154 valence electrons. The standard InChI is InChI=1S/C22H27N3O3S/c1-23-21(26)19-14-18(28-17-6-3-2-4-7-17)15-25(19)16-9-11-24(12-10-16)22(27)20-8-5-13-29-20/h2-8,13,16,18-19H,9-12,14-15H2,1H3,(H,23,26)/t18-,19-/m0/s1. The van der Waals surface area contributed by atoms with Crippen LogP contribution in [0.25, 0.3) is 0 Å². The summed E-state index contributed by atoms with van der Waals surface area (Å²) in [6.07, 6.45) is 2.43. The minimum absolute atomic E-state index is 0.00881. The summed E-state index contributed by atoms with van der Waals surface area (Å²) in [6, 6.07) is 13.7. The molecule has 0 spiro atoms. The van der Waals surface area contributed by atoms with E-state index in [1.54, 1.807) is 7.05 Å². The predicted molar refractivity (Wildman–Crippen MR) is 113 cm³/mol. The number of nitrogens with one attached hydrogen (secondary N) is 1. The third kappa shape index (κ3) is 4.46. The minimum atomic E-state index is -0.182. The van der Waals surface area contributed by atoms with Gasteiger partial charge in [0, 0.05) is 39.1 Å². The lowest BCUT2D eigenvalue weighted by atomic mass is 10.0. The van der Waals surface area contributed by atoms with Crippen molar-refractivity contribution in [2.45, 2.75) is 37.5 Å². The van der Waals surface area contributed by atoms with E-state index < -0.39 is 0 Å². The fraction of sp³-hybridized carbons (Fsp3) is 0.455. The zero-order valence-corrected chi connectivity index (χ0v) is 17.4. The molecule has 6 nitrogen and oxygen atoms in total. The summed E-state index contributed by atoms with van der Waals surface area (Å²) in [7, 11) is 1.69. The number of thiophene rings is 1. The fourth-order valence-corrected chi connectivity index (χ4v) is 5.07. The number of hydrogen-bond acceptors (Lipinski definition) is 5. The molecule has 1 aromatic heterocycles. The Hall–Kier alpha value is -2.38. The molecule has 0 aliphatic carbocycles. The molecule has 0 bridgehead atoms. The van der Waals surface area contributed by atoms with Crippen LogP contribution in [0.4, 0.5) is 0 Å². The zero-order chi connectivity index (χ0) is 20.2. The molecule has 0 saturated carbocycles. The number of benzene rings is 1. The van der Waals surface area contributed by atoms with Crippen molar-refractivity contribution in [3.63, 3.8) is 0 Å². The van der Waals surface area contributed by atoms with Gasteiger partial charge in [-0.05, 0) is 36.4 Å². The summed E-state index contributed by atoms with van der Waals surface area (Å²) in [5.74, 6) is 1.00. The number of carbonyl (C=O) groups excluding carboxylic acids is 2. The lowest BCUT2D eigenvalue weighted by molar-refractivity contribution is -0.126. The van der Waals surface area contributed by atoms with Gasteiger partial charge in [-0.2, -0.15) is 0 Å². The second kappa shape index (κ2) is 8.97. The average Bonchev–Trinajstić information content (AvgIpc) is 3.44. The monoisotopic (exact) mass is 413 g/mol. The van der Waals surface area contributed by atoms with E-state index in [2.05, 4.69) is 10.2 Å². The van der Waals surface area contributed by atoms with Crippen LogP contribution >= 0.6 is 11.3 Å². The predicted octanol–water partition coefficient (Wildman–Crippen LogP) is 2.62. The van der Waals surface area contributed by atoms with E-state index in [9.17, 15) is 9.59 Å². The Labute approximate surface area is 175 Å². The molecule has 2 saturated heterocycles. The van der Waals surface area contributed by atoms with E-state index in [1.165, 1.54) is 11.3 Å². The second-order valence-corrected chi connectivity index (χ2v) is 8.56. The van der Waals surface area contributed by atoms with Crippen molar-refractivity contribution in [1.82, 2.24) is 15.1 Å². The van der Waals surface area contributed by atoms with Gasteiger partial charge in [-0.1, -0.05) is 24.3 Å². The lowest BCUT2D eigenvalue weighted by Gasteiger charge is -2.38. The van der Waals surface area contributed by atoms with Crippen LogP contribution in [0.5, 0.6) is 5.75 Å². The topological polar surface area (TPSA) is 61.9 Å². The van der Waals surface area contributed by atoms with Gasteiger partial charge in [0.1, 0.15) is 11.9 Å². The summed E-state index contributed by atoms with van der Waals surface area (Å²) in [5, 5.41) is 4.74. The molecule has 2 aliphatic rings. The Kier molecular flexibility index (Phi) is 6.16. The molecule has 0 radical (unpaired) electrons. The van der Waals surface area contributed by atoms with Crippen LogP contribution in [0, 0.1) is 0 Å². The van der Waals surface area contributed by atoms with E-state index in [0.29, 0.717) is 6.42 Å². The number of rotatable bonds is 5. The van der Waals surface area contributed by atoms with Gasteiger partial charge in [0.2, 0.25) is 5.91 Å². The minimum Gasteiger partial charge on any atom is -0.489 e. The highest BCUT2D eigenvalue weighted by Gasteiger charge is 2.42. The third-order valence-electron chi connectivity index (χ3n) is 5.85. The van der Waals surface area contributed by atoms with Gasteiger partial charge in [-0.3, -0.25) is 14.5 Å². The molecule has 2 atom stereocenters. The van der Waals surface area contributed by atoms with Gasteiger partial charge in [0.15, 0.2) is 0 Å². The van der Waals surface area contributed by atoms with Gasteiger partial charge in [0.05, 0.1) is 10.9 Å². The number of ether oxygens (including phenoxy) is 1. The Morgan fingerprint density at radius 3 is 2.52 bits per heavy atom. The van der Waals surface area contributed by atoms with Crippen molar-refractivity contribution in [3.8, 4) is 5.75 Å². The average molecular weight is 414 g/mol. The summed E-state index contributed by atoms with van der Waals surface area (Å²) in [6.45, 7) is 2.18. The van der Waals surface area contributed by atoms with Crippen LogP contribution in [0.3, 0.4) is 0 Å². The summed E-state index contributed by atoms with van der Waals surface area (Å²) in [5.41, 5.74) is 0. The second-order valence-electron chi connectivity index (χ2n) is 7.62. The van der Waals surface area contributed by atoms with E-state index >= 15 is 0 Å². The largest absolute Gasteiger partial charge is 0.489 e. The molecule has 1 aromatic carbocycles. The maximum Gasteiger partial charge on any atom is 0.263 e. The Morgan fingerprint density at radius 1 is 1.10 bits per heavy atom. The molecular formula is C22H27N3O3S. The smallest absolute Gasteiger partial charge is 0.263 e. The van der Waals surface area contributed by atoms with Crippen LogP contribution in [-0.2, 0) is 4.79 Å². The van der Waals surface area contributed by atoms with E-state index in [1.807, 2.05) is 52.7 Å². The third-order valence-corrected chi connectivity index (χ3v) is 6.71. The number of likely N-dealkylation sites (N-methyl/N-ethyl adjacent to an activating group) is 1. The summed E-state index contributed by atoms with van der Waals surface area (Å²) in [4.78, 5) is 30.1. The highest BCUT2D eigenvalue weighted by molar-refractivity contribution is 7.12. The molecule has 2 aliphatic heterocycles. The normalized spacial score (nSPS) is 23.1. The van der Waals surface area contributed by atoms with Gasteiger partial charge in [-0.15, -0.1) is 11.3 Å². The Morgan fingerprint density at radius 2 is 1.86 bits per heavy atom. The number of carbonyl (C=O) groups is 2. The first-order valence-corrected chi connectivity index (χ1v) is 11.1. The highest BCUT2D eigenvalue weighted by atomic mass is 32.1. The molecule has 3 heterocycles. The molecule has 7 heteroatoms. The Bertz CT molecular complexity index is 819. The number of para-hydroxylation sites is 1. The number of nitrogens with zero attached hydrogens (tertiary/aromatic N) is 2. The molecule has 0 unspecified atom stereocenters. The molecule has 1 N–H and O–H groups in total. The van der Waals surface area contributed by atoms with Crippen molar-refractivity contribution in [3.05, 3.63) is 52.7 Å². The van der Waals surface area contributed by atoms with Gasteiger partial charge >= 0.3 is 0 Å². The van der Waals surface area contributed by atoms with Crippen LogP contribution in [0.15, 0.2) is 47.8 Å². The summed E-state index contributed by atoms with van der Waals surface area (Å²) >= 11 is 1.49. The van der Waals surface area contributed by atoms with Crippen LogP contribution < -0.4 is 10.1 Å². The molecule has 29 heavy (non-hydrogen) atoms. The first kappa shape index (κ1) is 19.9. The fourth-order valence-electron chi connectivity index (χ4n) is 4.38. The van der Waals surface area contributed by atoms with Crippen molar-refractivity contribution in [2.75, 3.05) is 26.7 Å². The first-order valence-electron chi connectivity index (χ1n) is 10.2. The van der Waals surface area contributed by atoms with Crippen molar-refractivity contribution in [1.29, 1.82) is 0 Å². The molecule has 2 amide bonds. The molecule has 2 fully saturated rings. The molecule has 2 aromatic rings. The Balaban J connectivity index is 1.39. The highest BCUT2D eigenvalue weighted by Crippen LogP contribution is 2.29. The SMILES string of the molecule is CNC(=O)[C@@H]1C[C@H](Oc2ccccc2)CN1C1CCN(C(=O)c2cccs2)CC1. The lowest BCUT2D eigenvalue weighted by Crippen LogP contribution is -2.51. The first-order chi connectivity index (χ1) is 14.2. The number of hydrogen-bond donors (Lipinski definition) is 1. The van der Waals surface area contributed by atoms with Crippen LogP contribution in [0.1, 0.15) is 28.9 Å². The maximum absolute atomic E-state index is 12.6. The van der Waals surface area contributed by atoms with Gasteiger partial charge in [-0.25, -0.2) is 0 Å². The quantitative estimate of drug-likeness (QED) is 0.819. The van der Waals surface area contributed by atoms with Gasteiger partial charge < -0.3 is 15.0 Å². The number of amides is 2. The molecule has 4 rings (SSSR count). The van der Waals surface area contributed by atoms with E-state index in [4.69, 9.17) is 4.74 Å². The van der Waals surface area contributed by atoms with Crippen molar-refractivity contribution < 1.29 is 14.3 Å². The summed E-state index contributed by atoms with van der Waals surface area (Å²) < 4.78 is 6.14. The number of likely N-dealkylation sites (tertiary alicyclic amines) is 2. The van der Waals surface area contributed by atoms with Crippen molar-refractivity contribution in [2.24, 2.45) is 0 Å². The maximum atomic E-state index is 12.6. The number of piperidine rings is 1.